The van der Waals surface area contributed by atoms with Crippen molar-refractivity contribution in [2.45, 2.75) is 52.8 Å². The van der Waals surface area contributed by atoms with E-state index in [9.17, 15) is 0 Å². The SMILES string of the molecule is CCCn1ncc(Cl)c1C(N)C(OC)C(C)(C)C. The van der Waals surface area contributed by atoms with Gasteiger partial charge in [0.1, 0.15) is 0 Å². The van der Waals surface area contributed by atoms with Crippen LogP contribution in [-0.2, 0) is 11.3 Å². The zero-order valence-corrected chi connectivity index (χ0v) is 12.7. The number of nitrogens with two attached hydrogens (primary N) is 1. The Kier molecular flexibility index (Phi) is 5.20. The fourth-order valence-corrected chi connectivity index (χ4v) is 2.54. The van der Waals surface area contributed by atoms with Crippen LogP contribution in [0, 0.1) is 5.41 Å². The summed E-state index contributed by atoms with van der Waals surface area (Å²) < 4.78 is 7.44. The third kappa shape index (κ3) is 3.25. The minimum atomic E-state index is -0.281. The Morgan fingerprint density at radius 1 is 1.50 bits per heavy atom. The van der Waals surface area contributed by atoms with Crippen molar-refractivity contribution in [1.29, 1.82) is 0 Å². The number of rotatable bonds is 5. The maximum Gasteiger partial charge on any atom is 0.0835 e. The van der Waals surface area contributed by atoms with Gasteiger partial charge in [0.15, 0.2) is 0 Å². The average molecular weight is 274 g/mol. The van der Waals surface area contributed by atoms with E-state index in [2.05, 4.69) is 32.8 Å². The van der Waals surface area contributed by atoms with Crippen LogP contribution in [0.1, 0.15) is 45.9 Å². The van der Waals surface area contributed by atoms with Crippen LogP contribution in [0.5, 0.6) is 0 Å². The second-order valence-electron chi connectivity index (χ2n) is 5.65. The fraction of sp³-hybridized carbons (Fsp3) is 0.769. The molecule has 1 aromatic rings. The molecule has 0 aliphatic heterocycles. The molecule has 2 N–H and O–H groups in total. The molecule has 0 fully saturated rings. The first-order valence-electron chi connectivity index (χ1n) is 6.32. The molecule has 0 amide bonds. The second kappa shape index (κ2) is 6.04. The van der Waals surface area contributed by atoms with Gasteiger partial charge < -0.3 is 10.5 Å². The van der Waals surface area contributed by atoms with Crippen LogP contribution < -0.4 is 5.73 Å². The lowest BCUT2D eigenvalue weighted by atomic mass is 9.83. The third-order valence-corrected chi connectivity index (χ3v) is 3.31. The van der Waals surface area contributed by atoms with E-state index in [1.165, 1.54) is 0 Å². The number of aryl methyl sites for hydroxylation is 1. The predicted molar refractivity (Wildman–Crippen MR) is 74.7 cm³/mol. The number of hydrogen-bond donors (Lipinski definition) is 1. The highest BCUT2D eigenvalue weighted by atomic mass is 35.5. The first kappa shape index (κ1) is 15.5. The number of nitrogens with zero attached hydrogens (tertiary/aromatic N) is 2. The van der Waals surface area contributed by atoms with Crippen molar-refractivity contribution in [3.05, 3.63) is 16.9 Å². The van der Waals surface area contributed by atoms with Gasteiger partial charge in [-0.15, -0.1) is 0 Å². The smallest absolute Gasteiger partial charge is 0.0835 e. The standard InChI is InChI=1S/C13H24ClN3O/c1-6-7-17-11(9(14)8-16-17)10(15)12(18-5)13(2,3)4/h8,10,12H,6-7,15H2,1-5H3. The molecule has 104 valence electrons. The highest BCUT2D eigenvalue weighted by molar-refractivity contribution is 6.31. The van der Waals surface area contributed by atoms with Gasteiger partial charge in [-0.2, -0.15) is 5.10 Å². The van der Waals surface area contributed by atoms with Crippen LogP contribution >= 0.6 is 11.6 Å². The van der Waals surface area contributed by atoms with Gasteiger partial charge in [0.05, 0.1) is 29.1 Å². The molecule has 1 heterocycles. The summed E-state index contributed by atoms with van der Waals surface area (Å²) in [4.78, 5) is 0. The van der Waals surface area contributed by atoms with Crippen LogP contribution in [-0.4, -0.2) is 23.0 Å². The molecule has 0 bridgehead atoms. The zero-order chi connectivity index (χ0) is 13.9. The minimum Gasteiger partial charge on any atom is -0.379 e. The van der Waals surface area contributed by atoms with Crippen LogP contribution in [0.25, 0.3) is 0 Å². The zero-order valence-electron chi connectivity index (χ0n) is 11.9. The fourth-order valence-electron chi connectivity index (χ4n) is 2.28. The summed E-state index contributed by atoms with van der Waals surface area (Å²) in [6.45, 7) is 9.24. The van der Waals surface area contributed by atoms with E-state index in [0.29, 0.717) is 5.02 Å². The molecule has 18 heavy (non-hydrogen) atoms. The molecule has 2 atom stereocenters. The lowest BCUT2D eigenvalue weighted by Gasteiger charge is -2.34. The Morgan fingerprint density at radius 2 is 2.11 bits per heavy atom. The lowest BCUT2D eigenvalue weighted by molar-refractivity contribution is -0.00430. The number of methoxy groups -OCH3 is 1. The van der Waals surface area contributed by atoms with Crippen molar-refractivity contribution in [1.82, 2.24) is 9.78 Å². The van der Waals surface area contributed by atoms with Crippen LogP contribution in [0.2, 0.25) is 5.02 Å². The highest BCUT2D eigenvalue weighted by Crippen LogP contribution is 2.33. The monoisotopic (exact) mass is 273 g/mol. The van der Waals surface area contributed by atoms with E-state index in [1.54, 1.807) is 13.3 Å². The van der Waals surface area contributed by atoms with Crippen LogP contribution in [0.3, 0.4) is 0 Å². The summed E-state index contributed by atoms with van der Waals surface area (Å²) in [6, 6.07) is -0.281. The van der Waals surface area contributed by atoms with Crippen LogP contribution in [0.4, 0.5) is 0 Å². The highest BCUT2D eigenvalue weighted by Gasteiger charge is 2.34. The maximum atomic E-state index is 6.34. The van der Waals surface area contributed by atoms with Crippen molar-refractivity contribution in [3.8, 4) is 0 Å². The molecule has 0 aliphatic carbocycles. The Morgan fingerprint density at radius 3 is 2.56 bits per heavy atom. The van der Waals surface area contributed by atoms with Gasteiger partial charge in [-0.1, -0.05) is 39.3 Å². The van der Waals surface area contributed by atoms with E-state index < -0.39 is 0 Å². The van der Waals surface area contributed by atoms with Crippen molar-refractivity contribution in [3.63, 3.8) is 0 Å². The van der Waals surface area contributed by atoms with E-state index >= 15 is 0 Å². The van der Waals surface area contributed by atoms with Gasteiger partial charge in [0.25, 0.3) is 0 Å². The van der Waals surface area contributed by atoms with Gasteiger partial charge >= 0.3 is 0 Å². The number of hydrogen-bond acceptors (Lipinski definition) is 3. The molecular weight excluding hydrogens is 250 g/mol. The minimum absolute atomic E-state index is 0.0567. The molecule has 5 heteroatoms. The molecule has 0 aromatic carbocycles. The summed E-state index contributed by atoms with van der Waals surface area (Å²) in [7, 11) is 1.68. The molecule has 0 spiro atoms. The quantitative estimate of drug-likeness (QED) is 0.897. The summed E-state index contributed by atoms with van der Waals surface area (Å²) in [5, 5.41) is 4.89. The first-order valence-corrected chi connectivity index (χ1v) is 6.70. The van der Waals surface area contributed by atoms with Crippen molar-refractivity contribution < 1.29 is 4.74 Å². The summed E-state index contributed by atoms with van der Waals surface area (Å²) in [5.74, 6) is 0. The third-order valence-electron chi connectivity index (χ3n) is 3.02. The molecule has 1 rings (SSSR count). The van der Waals surface area contributed by atoms with Gasteiger partial charge in [0, 0.05) is 13.7 Å². The molecule has 1 aromatic heterocycles. The maximum absolute atomic E-state index is 6.34. The Bertz CT molecular complexity index is 384. The predicted octanol–water partition coefficient (Wildman–Crippen LogP) is 3.01. The molecular formula is C13H24ClN3O. The molecule has 4 nitrogen and oxygen atoms in total. The second-order valence-corrected chi connectivity index (χ2v) is 6.06. The Hall–Kier alpha value is -0.580. The largest absolute Gasteiger partial charge is 0.379 e. The van der Waals surface area contributed by atoms with E-state index in [4.69, 9.17) is 22.1 Å². The summed E-state index contributed by atoms with van der Waals surface area (Å²) >= 11 is 6.21. The van der Waals surface area contributed by atoms with Crippen LogP contribution in [0.15, 0.2) is 6.20 Å². The molecule has 0 radical (unpaired) electrons. The molecule has 0 saturated heterocycles. The summed E-state index contributed by atoms with van der Waals surface area (Å²) in [6.07, 6.45) is 2.54. The number of halogens is 1. The Balaban J connectivity index is 3.08. The Labute approximate surface area is 114 Å². The lowest BCUT2D eigenvalue weighted by Crippen LogP contribution is -2.39. The molecule has 2 unspecified atom stereocenters. The first-order chi connectivity index (χ1) is 8.32. The molecule has 0 aliphatic rings. The van der Waals surface area contributed by atoms with Crippen molar-refractivity contribution in [2.75, 3.05) is 7.11 Å². The van der Waals surface area contributed by atoms with Gasteiger partial charge in [-0.05, 0) is 11.8 Å². The van der Waals surface area contributed by atoms with Gasteiger partial charge in [0.2, 0.25) is 0 Å². The summed E-state index contributed by atoms with van der Waals surface area (Å²) in [5.41, 5.74) is 7.15. The molecule has 0 saturated carbocycles. The van der Waals surface area contributed by atoms with E-state index in [-0.39, 0.29) is 17.6 Å². The van der Waals surface area contributed by atoms with Crippen molar-refractivity contribution in [2.24, 2.45) is 11.1 Å². The normalized spacial score (nSPS) is 15.7. The topological polar surface area (TPSA) is 53.1 Å². The van der Waals surface area contributed by atoms with E-state index in [1.807, 2.05) is 4.68 Å². The van der Waals surface area contributed by atoms with Crippen molar-refractivity contribution >= 4 is 11.6 Å². The van der Waals surface area contributed by atoms with E-state index in [0.717, 1.165) is 18.7 Å². The van der Waals surface area contributed by atoms with Gasteiger partial charge in [-0.25, -0.2) is 0 Å². The number of ether oxygens (including phenoxy) is 1. The number of aromatic nitrogens is 2. The van der Waals surface area contributed by atoms with Gasteiger partial charge in [-0.3, -0.25) is 4.68 Å². The average Bonchev–Trinajstić information content (AvgIpc) is 2.59.